The SMILES string of the molecule is O=C(O)CC1CCN2CCOCC12. The van der Waals surface area contributed by atoms with Crippen molar-refractivity contribution in [1.29, 1.82) is 0 Å². The van der Waals surface area contributed by atoms with Gasteiger partial charge < -0.3 is 9.84 Å². The topological polar surface area (TPSA) is 49.8 Å². The fraction of sp³-hybridized carbons (Fsp3) is 0.889. The normalized spacial score (nSPS) is 34.5. The van der Waals surface area contributed by atoms with E-state index >= 15 is 0 Å². The smallest absolute Gasteiger partial charge is 0.303 e. The first-order chi connectivity index (χ1) is 6.27. The van der Waals surface area contributed by atoms with Crippen LogP contribution in [0.5, 0.6) is 0 Å². The average molecular weight is 185 g/mol. The second kappa shape index (κ2) is 3.64. The molecule has 0 aliphatic carbocycles. The molecule has 2 aliphatic heterocycles. The summed E-state index contributed by atoms with van der Waals surface area (Å²) in [7, 11) is 0. The fourth-order valence-electron chi connectivity index (χ4n) is 2.36. The lowest BCUT2D eigenvalue weighted by atomic mass is 9.97. The zero-order valence-corrected chi connectivity index (χ0v) is 7.61. The molecule has 0 aromatic heterocycles. The largest absolute Gasteiger partial charge is 0.481 e. The first kappa shape index (κ1) is 8.97. The van der Waals surface area contributed by atoms with Crippen molar-refractivity contribution in [2.45, 2.75) is 18.9 Å². The van der Waals surface area contributed by atoms with Crippen molar-refractivity contribution in [3.63, 3.8) is 0 Å². The average Bonchev–Trinajstić information content (AvgIpc) is 2.48. The summed E-state index contributed by atoms with van der Waals surface area (Å²) in [4.78, 5) is 12.9. The van der Waals surface area contributed by atoms with Crippen LogP contribution in [0.3, 0.4) is 0 Å². The van der Waals surface area contributed by atoms with Crippen LogP contribution in [-0.4, -0.2) is 48.3 Å². The maximum absolute atomic E-state index is 10.6. The number of carboxylic acid groups (broad SMARTS) is 1. The van der Waals surface area contributed by atoms with Gasteiger partial charge in [0.15, 0.2) is 0 Å². The van der Waals surface area contributed by atoms with Gasteiger partial charge in [-0.15, -0.1) is 0 Å². The maximum atomic E-state index is 10.6. The highest BCUT2D eigenvalue weighted by Gasteiger charge is 2.36. The molecule has 0 amide bonds. The molecule has 13 heavy (non-hydrogen) atoms. The minimum atomic E-state index is -0.683. The lowest BCUT2D eigenvalue weighted by Gasteiger charge is -2.31. The lowest BCUT2D eigenvalue weighted by molar-refractivity contribution is -0.138. The van der Waals surface area contributed by atoms with Gasteiger partial charge in [-0.25, -0.2) is 0 Å². The number of carbonyl (C=O) groups is 1. The third-order valence-corrected chi connectivity index (χ3v) is 3.05. The Hall–Kier alpha value is -0.610. The van der Waals surface area contributed by atoms with Gasteiger partial charge in [0.1, 0.15) is 0 Å². The monoisotopic (exact) mass is 185 g/mol. The van der Waals surface area contributed by atoms with E-state index in [1.807, 2.05) is 0 Å². The van der Waals surface area contributed by atoms with E-state index in [-0.39, 0.29) is 0 Å². The van der Waals surface area contributed by atoms with Gasteiger partial charge in [0.2, 0.25) is 0 Å². The molecule has 0 bridgehead atoms. The quantitative estimate of drug-likeness (QED) is 0.667. The summed E-state index contributed by atoms with van der Waals surface area (Å²) in [5.74, 6) is -0.379. The molecule has 0 radical (unpaired) electrons. The number of aliphatic carboxylic acids is 1. The second-order valence-corrected chi connectivity index (χ2v) is 3.82. The Balaban J connectivity index is 1.94. The molecule has 2 atom stereocenters. The van der Waals surface area contributed by atoms with E-state index in [4.69, 9.17) is 9.84 Å². The Labute approximate surface area is 77.5 Å². The summed E-state index contributed by atoms with van der Waals surface area (Å²) in [6, 6.07) is 0.366. The van der Waals surface area contributed by atoms with E-state index in [0.717, 1.165) is 32.7 Å². The van der Waals surface area contributed by atoms with Crippen LogP contribution >= 0.6 is 0 Å². The van der Waals surface area contributed by atoms with Crippen molar-refractivity contribution in [3.05, 3.63) is 0 Å². The van der Waals surface area contributed by atoms with Gasteiger partial charge in [0.25, 0.3) is 0 Å². The number of carboxylic acids is 1. The van der Waals surface area contributed by atoms with E-state index in [1.54, 1.807) is 0 Å². The van der Waals surface area contributed by atoms with Crippen molar-refractivity contribution in [3.8, 4) is 0 Å². The first-order valence-electron chi connectivity index (χ1n) is 4.81. The third-order valence-electron chi connectivity index (χ3n) is 3.05. The molecule has 2 rings (SSSR count). The van der Waals surface area contributed by atoms with Crippen LogP contribution in [0.15, 0.2) is 0 Å². The summed E-state index contributed by atoms with van der Waals surface area (Å²) in [6.45, 7) is 3.54. The molecule has 74 valence electrons. The highest BCUT2D eigenvalue weighted by molar-refractivity contribution is 5.67. The minimum Gasteiger partial charge on any atom is -0.481 e. The molecule has 2 fully saturated rings. The van der Waals surface area contributed by atoms with Gasteiger partial charge >= 0.3 is 5.97 Å². The molecule has 4 nitrogen and oxygen atoms in total. The van der Waals surface area contributed by atoms with Crippen molar-refractivity contribution < 1.29 is 14.6 Å². The van der Waals surface area contributed by atoms with Crippen molar-refractivity contribution in [2.24, 2.45) is 5.92 Å². The molecule has 0 spiro atoms. The van der Waals surface area contributed by atoms with Crippen LogP contribution < -0.4 is 0 Å². The molecule has 0 saturated carbocycles. The number of nitrogens with zero attached hydrogens (tertiary/aromatic N) is 1. The lowest BCUT2D eigenvalue weighted by Crippen LogP contribution is -2.43. The molecular weight excluding hydrogens is 170 g/mol. The van der Waals surface area contributed by atoms with Gasteiger partial charge in [0.05, 0.1) is 13.2 Å². The van der Waals surface area contributed by atoms with Crippen molar-refractivity contribution in [2.75, 3.05) is 26.3 Å². The van der Waals surface area contributed by atoms with Crippen molar-refractivity contribution in [1.82, 2.24) is 4.90 Å². The summed E-state index contributed by atoms with van der Waals surface area (Å²) in [5, 5.41) is 8.70. The van der Waals surface area contributed by atoms with E-state index < -0.39 is 5.97 Å². The van der Waals surface area contributed by atoms with Gasteiger partial charge in [-0.3, -0.25) is 9.69 Å². The number of hydrogen-bond donors (Lipinski definition) is 1. The van der Waals surface area contributed by atoms with Crippen LogP contribution in [0.1, 0.15) is 12.8 Å². The zero-order valence-electron chi connectivity index (χ0n) is 7.61. The molecular formula is C9H15NO3. The van der Waals surface area contributed by atoms with E-state index in [2.05, 4.69) is 4.90 Å². The molecule has 2 unspecified atom stereocenters. The molecule has 4 heteroatoms. The van der Waals surface area contributed by atoms with E-state index in [9.17, 15) is 4.79 Å². The summed E-state index contributed by atoms with van der Waals surface area (Å²) < 4.78 is 5.36. The van der Waals surface area contributed by atoms with Crippen LogP contribution in [0.4, 0.5) is 0 Å². The standard InChI is InChI=1S/C9H15NO3/c11-9(12)5-7-1-2-10-3-4-13-6-8(7)10/h7-8H,1-6H2,(H,11,12). The van der Waals surface area contributed by atoms with Crippen LogP contribution in [0.25, 0.3) is 0 Å². The Morgan fingerprint density at radius 3 is 3.15 bits per heavy atom. The molecule has 0 aromatic rings. The summed E-state index contributed by atoms with van der Waals surface area (Å²) in [5.41, 5.74) is 0. The van der Waals surface area contributed by atoms with Crippen LogP contribution in [-0.2, 0) is 9.53 Å². The predicted molar refractivity (Wildman–Crippen MR) is 46.5 cm³/mol. The Kier molecular flexibility index (Phi) is 2.51. The molecule has 2 aliphatic rings. The van der Waals surface area contributed by atoms with Gasteiger partial charge in [-0.1, -0.05) is 0 Å². The van der Waals surface area contributed by atoms with Crippen LogP contribution in [0.2, 0.25) is 0 Å². The maximum Gasteiger partial charge on any atom is 0.303 e. The molecule has 1 N–H and O–H groups in total. The van der Waals surface area contributed by atoms with Gasteiger partial charge in [-0.2, -0.15) is 0 Å². The number of morpholine rings is 1. The molecule has 0 aromatic carbocycles. The minimum absolute atomic E-state index is 0.296. The Morgan fingerprint density at radius 2 is 2.38 bits per heavy atom. The Morgan fingerprint density at radius 1 is 1.54 bits per heavy atom. The number of fused-ring (bicyclic) bond motifs is 1. The fourth-order valence-corrected chi connectivity index (χ4v) is 2.36. The highest BCUT2D eigenvalue weighted by Crippen LogP contribution is 2.28. The van der Waals surface area contributed by atoms with Gasteiger partial charge in [0, 0.05) is 19.0 Å². The third kappa shape index (κ3) is 1.84. The summed E-state index contributed by atoms with van der Waals surface area (Å²) >= 11 is 0. The van der Waals surface area contributed by atoms with Crippen LogP contribution in [0, 0.1) is 5.92 Å². The predicted octanol–water partition coefficient (Wildman–Crippen LogP) is 0.182. The zero-order chi connectivity index (χ0) is 9.26. The van der Waals surface area contributed by atoms with E-state index in [0.29, 0.717) is 18.4 Å². The second-order valence-electron chi connectivity index (χ2n) is 3.82. The number of rotatable bonds is 2. The Bertz CT molecular complexity index is 207. The molecule has 2 heterocycles. The highest BCUT2D eigenvalue weighted by atomic mass is 16.5. The van der Waals surface area contributed by atoms with Gasteiger partial charge in [-0.05, 0) is 18.9 Å². The number of hydrogen-bond acceptors (Lipinski definition) is 3. The molecule has 2 saturated heterocycles. The van der Waals surface area contributed by atoms with Crippen molar-refractivity contribution >= 4 is 5.97 Å². The first-order valence-corrected chi connectivity index (χ1v) is 4.81. The van der Waals surface area contributed by atoms with E-state index in [1.165, 1.54) is 0 Å². The summed E-state index contributed by atoms with van der Waals surface area (Å²) in [6.07, 6.45) is 1.31. The number of ether oxygens (including phenoxy) is 1.